The zero-order chi connectivity index (χ0) is 44.1. The monoisotopic (exact) mass is 860 g/mol. The number of nitrogens with zero attached hydrogens (tertiary/aromatic N) is 1. The minimum absolute atomic E-state index is 0.823. The Morgan fingerprint density at radius 1 is 0.290 bits per heavy atom. The van der Waals surface area contributed by atoms with E-state index in [4.69, 9.17) is 9.47 Å². The second-order valence-corrected chi connectivity index (χ2v) is 19.3. The molecule has 0 bridgehead atoms. The molecule has 0 aromatic heterocycles. The molecule has 0 saturated heterocycles. The van der Waals surface area contributed by atoms with Crippen molar-refractivity contribution in [3.8, 4) is 11.5 Å². The third kappa shape index (κ3) is 34.3. The third-order valence-electron chi connectivity index (χ3n) is 13.4. The molecule has 0 amide bonds. The van der Waals surface area contributed by atoms with Crippen LogP contribution in [0.4, 0.5) is 5.69 Å². The number of rotatable bonds is 48. The van der Waals surface area contributed by atoms with Gasteiger partial charge in [0.05, 0.1) is 13.2 Å². The molecule has 0 aliphatic carbocycles. The Hall–Kier alpha value is -2.16. The Morgan fingerprint density at radius 2 is 0.532 bits per heavy atom. The Labute approximate surface area is 388 Å². The van der Waals surface area contributed by atoms with Crippen molar-refractivity contribution in [1.29, 1.82) is 0 Å². The van der Waals surface area contributed by atoms with Crippen molar-refractivity contribution in [3.05, 3.63) is 54.1 Å². The summed E-state index contributed by atoms with van der Waals surface area (Å²) < 4.78 is 12.2. The summed E-state index contributed by atoms with van der Waals surface area (Å²) in [7, 11) is 0. The number of hydrogen-bond donors (Lipinski definition) is 0. The molecule has 358 valence electrons. The van der Waals surface area contributed by atoms with Gasteiger partial charge in [0.25, 0.3) is 0 Å². The van der Waals surface area contributed by atoms with Gasteiger partial charge in [0, 0.05) is 18.8 Å². The van der Waals surface area contributed by atoms with Gasteiger partial charge in [-0.25, -0.2) is 0 Å². The van der Waals surface area contributed by atoms with Gasteiger partial charge in [0.2, 0.25) is 0 Å². The van der Waals surface area contributed by atoms with Gasteiger partial charge in [-0.2, -0.15) is 0 Å². The standard InChI is InChI=1S/C59H105NO2/c1-4-7-9-11-13-15-17-19-21-23-25-27-29-31-33-35-37-39-41-43-53-61-58-49-45-56(46-50-58)55-60(6-3)57-47-51-59(52-48-57)62-54-44-42-40-38-36-34-32-30-28-26-24-22-20-18-16-14-12-10-8-5-2/h45-52H,4-44,53-55H2,1-3H3. The number of unbranched alkanes of at least 4 members (excludes halogenated alkanes) is 38. The van der Waals surface area contributed by atoms with Crippen molar-refractivity contribution in [1.82, 2.24) is 0 Å². The van der Waals surface area contributed by atoms with Crippen molar-refractivity contribution < 1.29 is 9.47 Å². The van der Waals surface area contributed by atoms with E-state index in [0.717, 1.165) is 50.6 Å². The second kappa shape index (κ2) is 44.1. The molecule has 3 nitrogen and oxygen atoms in total. The highest BCUT2D eigenvalue weighted by atomic mass is 16.5. The summed E-state index contributed by atoms with van der Waals surface area (Å²) >= 11 is 0. The van der Waals surface area contributed by atoms with Crippen LogP contribution in [0.15, 0.2) is 48.5 Å². The third-order valence-corrected chi connectivity index (χ3v) is 13.4. The van der Waals surface area contributed by atoms with Gasteiger partial charge >= 0.3 is 0 Å². The van der Waals surface area contributed by atoms with E-state index >= 15 is 0 Å². The van der Waals surface area contributed by atoms with E-state index in [-0.39, 0.29) is 0 Å². The number of anilines is 1. The van der Waals surface area contributed by atoms with Crippen LogP contribution < -0.4 is 14.4 Å². The normalized spacial score (nSPS) is 11.4. The molecule has 0 spiro atoms. The molecule has 0 atom stereocenters. The average molecular weight is 860 g/mol. The molecule has 0 aliphatic rings. The van der Waals surface area contributed by atoms with Crippen LogP contribution >= 0.6 is 0 Å². The van der Waals surface area contributed by atoms with E-state index in [1.54, 1.807) is 0 Å². The molecule has 0 radical (unpaired) electrons. The smallest absolute Gasteiger partial charge is 0.119 e. The van der Waals surface area contributed by atoms with Gasteiger partial charge in [-0.15, -0.1) is 0 Å². The molecule has 0 N–H and O–H groups in total. The zero-order valence-electron chi connectivity index (χ0n) is 42.0. The summed E-state index contributed by atoms with van der Waals surface area (Å²) in [5.74, 6) is 1.99. The maximum Gasteiger partial charge on any atom is 0.119 e. The van der Waals surface area contributed by atoms with Crippen molar-refractivity contribution in [2.45, 2.75) is 284 Å². The van der Waals surface area contributed by atoms with E-state index in [0.29, 0.717) is 0 Å². The highest BCUT2D eigenvalue weighted by Crippen LogP contribution is 2.23. The van der Waals surface area contributed by atoms with Crippen LogP contribution in [0.5, 0.6) is 11.5 Å². The summed E-state index contributed by atoms with van der Waals surface area (Å²) in [5, 5.41) is 0. The van der Waals surface area contributed by atoms with Crippen LogP contribution in [0.1, 0.15) is 283 Å². The fraction of sp³-hybridized carbons (Fsp3) is 0.797. The molecule has 0 heterocycles. The molecular formula is C59H105NO2. The Kier molecular flexibility index (Phi) is 39.8. The lowest BCUT2D eigenvalue weighted by molar-refractivity contribution is 0.304. The van der Waals surface area contributed by atoms with E-state index in [2.05, 4.69) is 74.2 Å². The van der Waals surface area contributed by atoms with Crippen molar-refractivity contribution in [2.24, 2.45) is 0 Å². The summed E-state index contributed by atoms with van der Waals surface area (Å²) in [6, 6.07) is 17.5. The second-order valence-electron chi connectivity index (χ2n) is 19.3. The van der Waals surface area contributed by atoms with Crippen LogP contribution in [0.3, 0.4) is 0 Å². The van der Waals surface area contributed by atoms with E-state index in [9.17, 15) is 0 Å². The van der Waals surface area contributed by atoms with Gasteiger partial charge in [0.1, 0.15) is 11.5 Å². The summed E-state index contributed by atoms with van der Waals surface area (Å²) in [4.78, 5) is 2.43. The molecule has 0 unspecified atom stereocenters. The highest BCUT2D eigenvalue weighted by molar-refractivity contribution is 5.49. The molecule has 0 aliphatic heterocycles. The number of ether oxygens (including phenoxy) is 2. The van der Waals surface area contributed by atoms with Crippen LogP contribution in [-0.2, 0) is 6.54 Å². The largest absolute Gasteiger partial charge is 0.494 e. The van der Waals surface area contributed by atoms with Gasteiger partial charge in [-0.3, -0.25) is 0 Å². The lowest BCUT2D eigenvalue weighted by atomic mass is 10.0. The zero-order valence-corrected chi connectivity index (χ0v) is 42.0. The average Bonchev–Trinajstić information content (AvgIpc) is 3.30. The van der Waals surface area contributed by atoms with Crippen LogP contribution in [0.25, 0.3) is 0 Å². The Balaban J connectivity index is 1.37. The number of benzene rings is 2. The quantitative estimate of drug-likeness (QED) is 0.0619. The van der Waals surface area contributed by atoms with E-state index in [1.165, 1.54) is 255 Å². The van der Waals surface area contributed by atoms with Crippen LogP contribution in [-0.4, -0.2) is 19.8 Å². The minimum Gasteiger partial charge on any atom is -0.494 e. The van der Waals surface area contributed by atoms with Gasteiger partial charge < -0.3 is 14.4 Å². The SMILES string of the molecule is CCCCCCCCCCCCCCCCCCCCCCOc1ccc(CN(CC)c2ccc(OCCCCCCCCCCCCCCCCCCCCCC)cc2)cc1. The molecule has 62 heavy (non-hydrogen) atoms. The molecule has 0 fully saturated rings. The van der Waals surface area contributed by atoms with Crippen LogP contribution in [0.2, 0.25) is 0 Å². The van der Waals surface area contributed by atoms with Gasteiger partial charge in [-0.05, 0) is 61.7 Å². The lowest BCUT2D eigenvalue weighted by Gasteiger charge is -2.23. The van der Waals surface area contributed by atoms with E-state index in [1.807, 2.05) is 0 Å². The van der Waals surface area contributed by atoms with Crippen molar-refractivity contribution >= 4 is 5.69 Å². The predicted molar refractivity (Wildman–Crippen MR) is 277 cm³/mol. The molecule has 2 aromatic rings. The predicted octanol–water partition coefficient (Wildman–Crippen LogP) is 20.1. The van der Waals surface area contributed by atoms with Crippen LogP contribution in [0, 0.1) is 0 Å². The van der Waals surface area contributed by atoms with E-state index < -0.39 is 0 Å². The molecular weight excluding hydrogens is 755 g/mol. The molecule has 3 heteroatoms. The first kappa shape index (κ1) is 56.0. The first-order valence-corrected chi connectivity index (χ1v) is 28.0. The molecule has 2 rings (SSSR count). The Bertz CT molecular complexity index is 1160. The summed E-state index contributed by atoms with van der Waals surface area (Å²) in [5.41, 5.74) is 2.57. The fourth-order valence-corrected chi connectivity index (χ4v) is 9.14. The fourth-order valence-electron chi connectivity index (χ4n) is 9.14. The highest BCUT2D eigenvalue weighted by Gasteiger charge is 2.07. The maximum atomic E-state index is 6.12. The van der Waals surface area contributed by atoms with Gasteiger partial charge in [0.15, 0.2) is 0 Å². The summed E-state index contributed by atoms with van der Waals surface area (Å²) in [6.07, 6.45) is 56.6. The van der Waals surface area contributed by atoms with Gasteiger partial charge in [-0.1, -0.05) is 270 Å². The topological polar surface area (TPSA) is 21.7 Å². The van der Waals surface area contributed by atoms with Crippen molar-refractivity contribution in [2.75, 3.05) is 24.7 Å². The number of hydrogen-bond acceptors (Lipinski definition) is 3. The van der Waals surface area contributed by atoms with Crippen molar-refractivity contribution in [3.63, 3.8) is 0 Å². The summed E-state index contributed by atoms with van der Waals surface area (Å²) in [6.45, 7) is 10.4. The first-order valence-electron chi connectivity index (χ1n) is 28.0. The lowest BCUT2D eigenvalue weighted by Crippen LogP contribution is -2.21. The molecule has 0 saturated carbocycles. The maximum absolute atomic E-state index is 6.12. The Morgan fingerprint density at radius 3 is 0.790 bits per heavy atom. The minimum atomic E-state index is 0.823. The molecule has 2 aromatic carbocycles. The first-order chi connectivity index (χ1) is 30.8.